The monoisotopic (exact) mass is 188 g/mol. The SMILES string of the molecule is CC[C@@H](O)[C@H](O)CC(=O)C(C)(C)C. The zero-order valence-corrected chi connectivity index (χ0v) is 8.87. The highest BCUT2D eigenvalue weighted by Crippen LogP contribution is 2.18. The minimum absolute atomic E-state index is 0.0208. The van der Waals surface area contributed by atoms with E-state index in [1.165, 1.54) is 0 Å². The van der Waals surface area contributed by atoms with E-state index in [1.54, 1.807) is 27.7 Å². The number of carbonyl (C=O) groups is 1. The first kappa shape index (κ1) is 12.6. The Balaban J connectivity index is 4.07. The molecule has 0 aromatic rings. The number of hydrogen-bond donors (Lipinski definition) is 2. The van der Waals surface area contributed by atoms with Crippen molar-refractivity contribution in [2.75, 3.05) is 0 Å². The maximum absolute atomic E-state index is 11.4. The lowest BCUT2D eigenvalue weighted by molar-refractivity contribution is -0.130. The molecule has 0 spiro atoms. The Morgan fingerprint density at radius 3 is 2.00 bits per heavy atom. The lowest BCUT2D eigenvalue weighted by Crippen LogP contribution is -2.32. The van der Waals surface area contributed by atoms with Crippen LogP contribution in [0, 0.1) is 5.41 Å². The van der Waals surface area contributed by atoms with Gasteiger partial charge >= 0.3 is 0 Å². The van der Waals surface area contributed by atoms with Gasteiger partial charge in [0.25, 0.3) is 0 Å². The van der Waals surface area contributed by atoms with Crippen LogP contribution in [0.3, 0.4) is 0 Å². The van der Waals surface area contributed by atoms with Crippen LogP contribution in [0.5, 0.6) is 0 Å². The highest BCUT2D eigenvalue weighted by Gasteiger charge is 2.26. The molecule has 0 unspecified atom stereocenters. The first-order chi connectivity index (χ1) is 5.79. The summed E-state index contributed by atoms with van der Waals surface area (Å²) in [5.74, 6) is -0.0208. The zero-order chi connectivity index (χ0) is 10.6. The highest BCUT2D eigenvalue weighted by molar-refractivity contribution is 5.84. The average molecular weight is 188 g/mol. The van der Waals surface area contributed by atoms with Crippen LogP contribution in [0.4, 0.5) is 0 Å². The molecule has 0 aromatic carbocycles. The Bertz CT molecular complexity index is 169. The van der Waals surface area contributed by atoms with Gasteiger partial charge in [0.15, 0.2) is 0 Å². The molecule has 0 aliphatic carbocycles. The summed E-state index contributed by atoms with van der Waals surface area (Å²) < 4.78 is 0. The molecule has 3 nitrogen and oxygen atoms in total. The van der Waals surface area contributed by atoms with Crippen molar-refractivity contribution in [2.45, 2.75) is 52.7 Å². The van der Waals surface area contributed by atoms with Gasteiger partial charge in [-0.1, -0.05) is 27.7 Å². The first-order valence-corrected chi connectivity index (χ1v) is 4.68. The maximum atomic E-state index is 11.4. The van der Waals surface area contributed by atoms with Gasteiger partial charge in [-0.05, 0) is 6.42 Å². The van der Waals surface area contributed by atoms with E-state index in [2.05, 4.69) is 0 Å². The fourth-order valence-corrected chi connectivity index (χ4v) is 0.904. The van der Waals surface area contributed by atoms with Crippen molar-refractivity contribution in [3.8, 4) is 0 Å². The van der Waals surface area contributed by atoms with Crippen LogP contribution >= 0.6 is 0 Å². The molecule has 2 atom stereocenters. The van der Waals surface area contributed by atoms with Crippen LogP contribution in [0.1, 0.15) is 40.5 Å². The number of rotatable bonds is 4. The predicted octanol–water partition coefficient (Wildman–Crippen LogP) is 1.12. The van der Waals surface area contributed by atoms with Gasteiger partial charge in [0.05, 0.1) is 12.2 Å². The number of Topliss-reactive ketones (excluding diaryl/α,β-unsaturated/α-hetero) is 1. The largest absolute Gasteiger partial charge is 0.390 e. The van der Waals surface area contributed by atoms with Gasteiger partial charge in [-0.3, -0.25) is 4.79 Å². The Hall–Kier alpha value is -0.410. The fourth-order valence-electron chi connectivity index (χ4n) is 0.904. The maximum Gasteiger partial charge on any atom is 0.140 e. The molecule has 0 radical (unpaired) electrons. The summed E-state index contributed by atoms with van der Waals surface area (Å²) in [5.41, 5.74) is -0.436. The number of aliphatic hydroxyl groups is 2. The summed E-state index contributed by atoms with van der Waals surface area (Å²) in [6, 6.07) is 0. The minimum Gasteiger partial charge on any atom is -0.390 e. The van der Waals surface area contributed by atoms with E-state index in [-0.39, 0.29) is 12.2 Å². The van der Waals surface area contributed by atoms with E-state index in [9.17, 15) is 15.0 Å². The molecule has 78 valence electrons. The molecule has 0 aromatic heterocycles. The Morgan fingerprint density at radius 2 is 1.69 bits per heavy atom. The minimum atomic E-state index is -0.920. The summed E-state index contributed by atoms with van der Waals surface area (Å²) in [6.45, 7) is 7.19. The van der Waals surface area contributed by atoms with Crippen LogP contribution in [0.15, 0.2) is 0 Å². The van der Waals surface area contributed by atoms with Crippen molar-refractivity contribution in [1.82, 2.24) is 0 Å². The molecule has 0 saturated carbocycles. The predicted molar refractivity (Wildman–Crippen MR) is 51.4 cm³/mol. The third kappa shape index (κ3) is 4.39. The third-order valence-electron chi connectivity index (χ3n) is 2.09. The smallest absolute Gasteiger partial charge is 0.140 e. The summed E-state index contributed by atoms with van der Waals surface area (Å²) >= 11 is 0. The Labute approximate surface area is 79.8 Å². The van der Waals surface area contributed by atoms with Crippen molar-refractivity contribution in [1.29, 1.82) is 0 Å². The molecular weight excluding hydrogens is 168 g/mol. The summed E-state index contributed by atoms with van der Waals surface area (Å²) in [7, 11) is 0. The molecular formula is C10H20O3. The fraction of sp³-hybridized carbons (Fsp3) is 0.900. The van der Waals surface area contributed by atoms with Gasteiger partial charge < -0.3 is 10.2 Å². The molecule has 0 amide bonds. The molecule has 0 aliphatic rings. The van der Waals surface area contributed by atoms with E-state index in [4.69, 9.17) is 0 Å². The van der Waals surface area contributed by atoms with Gasteiger partial charge in [0.2, 0.25) is 0 Å². The molecule has 3 heteroatoms. The third-order valence-corrected chi connectivity index (χ3v) is 2.09. The number of ketones is 1. The molecule has 0 rings (SSSR count). The molecule has 0 fully saturated rings. The van der Waals surface area contributed by atoms with E-state index in [0.29, 0.717) is 6.42 Å². The van der Waals surface area contributed by atoms with Gasteiger partial charge in [-0.25, -0.2) is 0 Å². The second-order valence-electron chi connectivity index (χ2n) is 4.42. The van der Waals surface area contributed by atoms with E-state index >= 15 is 0 Å². The second kappa shape index (κ2) is 4.72. The van der Waals surface area contributed by atoms with Gasteiger partial charge in [0, 0.05) is 11.8 Å². The van der Waals surface area contributed by atoms with Crippen molar-refractivity contribution in [2.24, 2.45) is 5.41 Å². The zero-order valence-electron chi connectivity index (χ0n) is 8.87. The molecule has 13 heavy (non-hydrogen) atoms. The standard InChI is InChI=1S/C10H20O3/c1-5-7(11)8(12)6-9(13)10(2,3)4/h7-8,11-12H,5-6H2,1-4H3/t7-,8-/m1/s1. The number of hydrogen-bond acceptors (Lipinski definition) is 3. The van der Waals surface area contributed by atoms with Crippen molar-refractivity contribution < 1.29 is 15.0 Å². The lowest BCUT2D eigenvalue weighted by atomic mass is 9.86. The molecule has 0 aliphatic heterocycles. The van der Waals surface area contributed by atoms with Crippen LogP contribution in [0.25, 0.3) is 0 Å². The molecule has 2 N–H and O–H groups in total. The van der Waals surface area contributed by atoms with Gasteiger partial charge in [-0.15, -0.1) is 0 Å². The Morgan fingerprint density at radius 1 is 1.23 bits per heavy atom. The van der Waals surface area contributed by atoms with E-state index in [1.807, 2.05) is 0 Å². The van der Waals surface area contributed by atoms with Crippen LogP contribution in [0.2, 0.25) is 0 Å². The summed E-state index contributed by atoms with van der Waals surface area (Å²) in [4.78, 5) is 11.4. The normalized spacial score (nSPS) is 16.8. The van der Waals surface area contributed by atoms with Gasteiger partial charge in [0.1, 0.15) is 5.78 Å². The topological polar surface area (TPSA) is 57.5 Å². The lowest BCUT2D eigenvalue weighted by Gasteiger charge is -2.21. The summed E-state index contributed by atoms with van der Waals surface area (Å²) in [6.07, 6.45) is -1.19. The Kier molecular flexibility index (Phi) is 4.57. The second-order valence-corrected chi connectivity index (χ2v) is 4.42. The van der Waals surface area contributed by atoms with Crippen LogP contribution in [-0.4, -0.2) is 28.2 Å². The molecule has 0 heterocycles. The highest BCUT2D eigenvalue weighted by atomic mass is 16.3. The quantitative estimate of drug-likeness (QED) is 0.695. The van der Waals surface area contributed by atoms with Crippen molar-refractivity contribution in [3.63, 3.8) is 0 Å². The first-order valence-electron chi connectivity index (χ1n) is 4.68. The number of carbonyl (C=O) groups excluding carboxylic acids is 1. The van der Waals surface area contributed by atoms with Crippen LogP contribution in [-0.2, 0) is 4.79 Å². The van der Waals surface area contributed by atoms with Crippen molar-refractivity contribution >= 4 is 5.78 Å². The van der Waals surface area contributed by atoms with E-state index < -0.39 is 17.6 Å². The average Bonchev–Trinajstić information content (AvgIpc) is 2.01. The van der Waals surface area contributed by atoms with Crippen LogP contribution < -0.4 is 0 Å². The molecule has 0 bridgehead atoms. The number of aliphatic hydroxyl groups excluding tert-OH is 2. The molecule has 0 saturated heterocycles. The van der Waals surface area contributed by atoms with Crippen molar-refractivity contribution in [3.05, 3.63) is 0 Å². The van der Waals surface area contributed by atoms with E-state index in [0.717, 1.165) is 0 Å². The van der Waals surface area contributed by atoms with Gasteiger partial charge in [-0.2, -0.15) is 0 Å². The summed E-state index contributed by atoms with van der Waals surface area (Å²) in [5, 5.41) is 18.6.